The molecule has 41 heavy (non-hydrogen) atoms. The predicted octanol–water partition coefficient (Wildman–Crippen LogP) is 5.45. The van der Waals surface area contributed by atoms with Crippen LogP contribution in [0.5, 0.6) is 5.75 Å². The van der Waals surface area contributed by atoms with Crippen LogP contribution in [0.1, 0.15) is 54.7 Å². The molecular formula is C29H34F3N3O5S. The third-order valence-corrected chi connectivity index (χ3v) is 8.92. The zero-order chi connectivity index (χ0) is 29.6. The second-order valence-electron chi connectivity index (χ2n) is 10.6. The summed E-state index contributed by atoms with van der Waals surface area (Å²) in [4.78, 5) is 12.9. The first-order chi connectivity index (χ1) is 19.4. The number of halogens is 3. The Labute approximate surface area is 237 Å². The molecule has 0 radical (unpaired) electrons. The monoisotopic (exact) mass is 593 g/mol. The number of rotatable bonds is 9. The molecule has 1 fully saturated rings. The predicted molar refractivity (Wildman–Crippen MR) is 146 cm³/mol. The molecule has 0 amide bonds. The summed E-state index contributed by atoms with van der Waals surface area (Å²) in [6.07, 6.45) is 5.45. The maximum absolute atomic E-state index is 12.6. The fourth-order valence-corrected chi connectivity index (χ4v) is 6.13. The lowest BCUT2D eigenvalue weighted by molar-refractivity contribution is -0.192. The Morgan fingerprint density at radius 1 is 1.12 bits per heavy atom. The topological polar surface area (TPSA) is 111 Å². The van der Waals surface area contributed by atoms with E-state index in [9.17, 15) is 21.6 Å². The number of carboxylic acids is 1. The fourth-order valence-electron chi connectivity index (χ4n) is 5.14. The SMILES string of the molecule is Cn1cnc(S(=O)(=O)NCc2ccc3c(c2)C(Cc2ccccc2)C(CCC2CCC2)CO3)c1.O=C(O)C(F)(F)F. The van der Waals surface area contributed by atoms with Gasteiger partial charge in [0.1, 0.15) is 5.75 Å². The van der Waals surface area contributed by atoms with Crippen molar-refractivity contribution in [2.24, 2.45) is 18.9 Å². The first kappa shape index (κ1) is 30.6. The van der Waals surface area contributed by atoms with Crippen LogP contribution in [0.15, 0.2) is 66.1 Å². The molecule has 12 heteroatoms. The lowest BCUT2D eigenvalue weighted by atomic mass is 9.74. The molecule has 0 spiro atoms. The number of imidazole rings is 1. The fraction of sp³-hybridized carbons (Fsp3) is 0.448. The molecule has 1 aliphatic carbocycles. The number of carboxylic acid groups (broad SMARTS) is 1. The van der Waals surface area contributed by atoms with Gasteiger partial charge in [-0.3, -0.25) is 0 Å². The van der Waals surface area contributed by atoms with Crippen LogP contribution in [-0.4, -0.2) is 41.8 Å². The summed E-state index contributed by atoms with van der Waals surface area (Å²) in [6, 6.07) is 16.7. The first-order valence-corrected chi connectivity index (χ1v) is 15.0. The first-order valence-electron chi connectivity index (χ1n) is 13.5. The number of hydrogen-bond donors (Lipinski definition) is 2. The Kier molecular flexibility index (Phi) is 9.75. The highest BCUT2D eigenvalue weighted by molar-refractivity contribution is 7.89. The van der Waals surface area contributed by atoms with E-state index in [2.05, 4.69) is 46.1 Å². The highest BCUT2D eigenvalue weighted by atomic mass is 32.2. The van der Waals surface area contributed by atoms with Gasteiger partial charge in [0.05, 0.1) is 12.9 Å². The molecule has 222 valence electrons. The molecular weight excluding hydrogens is 559 g/mol. The van der Waals surface area contributed by atoms with E-state index in [1.54, 1.807) is 11.6 Å². The molecule has 2 aliphatic rings. The molecule has 2 N–H and O–H groups in total. The van der Waals surface area contributed by atoms with Crippen LogP contribution in [0.2, 0.25) is 0 Å². The van der Waals surface area contributed by atoms with E-state index in [1.807, 2.05) is 12.1 Å². The maximum Gasteiger partial charge on any atom is 0.490 e. The number of aryl methyl sites for hydroxylation is 1. The highest BCUT2D eigenvalue weighted by Crippen LogP contribution is 2.43. The minimum Gasteiger partial charge on any atom is -0.493 e. The average Bonchev–Trinajstić information content (AvgIpc) is 3.35. The number of nitrogens with zero attached hydrogens (tertiary/aromatic N) is 2. The van der Waals surface area contributed by atoms with Gasteiger partial charge in [0.15, 0.2) is 5.03 Å². The van der Waals surface area contributed by atoms with Gasteiger partial charge < -0.3 is 14.4 Å². The second-order valence-corrected chi connectivity index (χ2v) is 12.3. The van der Waals surface area contributed by atoms with Gasteiger partial charge in [-0.2, -0.15) is 13.2 Å². The molecule has 2 aromatic carbocycles. The second kappa shape index (κ2) is 13.1. The number of sulfonamides is 1. The molecule has 0 bridgehead atoms. The molecule has 1 saturated carbocycles. The summed E-state index contributed by atoms with van der Waals surface area (Å²) in [6.45, 7) is 0.972. The van der Waals surface area contributed by atoms with Crippen molar-refractivity contribution in [3.05, 3.63) is 77.7 Å². The molecule has 8 nitrogen and oxygen atoms in total. The molecule has 2 atom stereocenters. The third-order valence-electron chi connectivity index (χ3n) is 7.63. The summed E-state index contributed by atoms with van der Waals surface area (Å²) in [7, 11) is -1.91. The molecule has 2 heterocycles. The Morgan fingerprint density at radius 2 is 1.83 bits per heavy atom. The van der Waals surface area contributed by atoms with Gasteiger partial charge in [-0.05, 0) is 47.4 Å². The van der Waals surface area contributed by atoms with Gasteiger partial charge in [-0.1, -0.05) is 68.1 Å². The van der Waals surface area contributed by atoms with Gasteiger partial charge in [0.25, 0.3) is 10.0 Å². The third kappa shape index (κ3) is 8.32. The maximum atomic E-state index is 12.6. The van der Waals surface area contributed by atoms with Crippen LogP contribution < -0.4 is 9.46 Å². The zero-order valence-electron chi connectivity index (χ0n) is 22.7. The van der Waals surface area contributed by atoms with Crippen LogP contribution in [0.3, 0.4) is 0 Å². The quantitative estimate of drug-likeness (QED) is 0.342. The van der Waals surface area contributed by atoms with Gasteiger partial charge in [-0.25, -0.2) is 22.9 Å². The van der Waals surface area contributed by atoms with E-state index in [0.29, 0.717) is 11.8 Å². The smallest absolute Gasteiger partial charge is 0.490 e. The zero-order valence-corrected chi connectivity index (χ0v) is 23.5. The van der Waals surface area contributed by atoms with Crippen LogP contribution in [-0.2, 0) is 34.8 Å². The normalized spacial score (nSPS) is 18.8. The van der Waals surface area contributed by atoms with Crippen LogP contribution >= 0.6 is 0 Å². The van der Waals surface area contributed by atoms with Crippen LogP contribution in [0.4, 0.5) is 13.2 Å². The van der Waals surface area contributed by atoms with Gasteiger partial charge >= 0.3 is 12.1 Å². The average molecular weight is 594 g/mol. The number of aromatic nitrogens is 2. The molecule has 1 aliphatic heterocycles. The van der Waals surface area contributed by atoms with E-state index in [0.717, 1.165) is 30.3 Å². The number of nitrogens with one attached hydrogen (secondary N) is 1. The molecule has 0 saturated heterocycles. The highest BCUT2D eigenvalue weighted by Gasteiger charge is 2.38. The van der Waals surface area contributed by atoms with E-state index >= 15 is 0 Å². The Hall–Kier alpha value is -3.38. The Morgan fingerprint density at radius 3 is 2.41 bits per heavy atom. The summed E-state index contributed by atoms with van der Waals surface area (Å²) < 4.78 is 67.5. The minimum absolute atomic E-state index is 0.0364. The van der Waals surface area contributed by atoms with Crippen molar-refractivity contribution >= 4 is 16.0 Å². The van der Waals surface area contributed by atoms with Crippen molar-refractivity contribution in [3.63, 3.8) is 0 Å². The number of ether oxygens (including phenoxy) is 1. The largest absolute Gasteiger partial charge is 0.493 e. The van der Waals surface area contributed by atoms with Crippen molar-refractivity contribution < 1.29 is 36.2 Å². The Balaban J connectivity index is 0.000000493. The van der Waals surface area contributed by atoms with E-state index < -0.39 is 22.2 Å². The summed E-state index contributed by atoms with van der Waals surface area (Å²) >= 11 is 0. The number of aliphatic carboxylic acids is 1. The lowest BCUT2D eigenvalue weighted by Crippen LogP contribution is -2.29. The number of alkyl halides is 3. The van der Waals surface area contributed by atoms with Gasteiger partial charge in [0, 0.05) is 25.7 Å². The molecule has 3 aromatic rings. The number of benzene rings is 2. The van der Waals surface area contributed by atoms with Crippen molar-refractivity contribution in [1.29, 1.82) is 0 Å². The number of fused-ring (bicyclic) bond motifs is 1. The van der Waals surface area contributed by atoms with E-state index in [1.165, 1.54) is 55.8 Å². The summed E-state index contributed by atoms with van der Waals surface area (Å²) in [5, 5.41) is 7.16. The summed E-state index contributed by atoms with van der Waals surface area (Å²) in [5.74, 6) is -0.122. The van der Waals surface area contributed by atoms with Crippen molar-refractivity contribution in [2.75, 3.05) is 6.61 Å². The van der Waals surface area contributed by atoms with Crippen molar-refractivity contribution in [3.8, 4) is 5.75 Å². The van der Waals surface area contributed by atoms with Crippen molar-refractivity contribution in [1.82, 2.24) is 14.3 Å². The lowest BCUT2D eigenvalue weighted by Gasteiger charge is -2.36. The molecule has 2 unspecified atom stereocenters. The van der Waals surface area contributed by atoms with Gasteiger partial charge in [-0.15, -0.1) is 0 Å². The number of hydrogen-bond acceptors (Lipinski definition) is 5. The summed E-state index contributed by atoms with van der Waals surface area (Å²) in [5.41, 5.74) is 3.46. The standard InChI is InChI=1S/C27H33N3O3S.C2HF3O2/c1-30-17-27(28-19-30)34(31,32)29-16-22-11-13-26-25(15-22)24(14-21-6-3-2-4-7-21)23(18-33-26)12-10-20-8-5-9-20;3-2(4,5)1(6)7/h2-4,6-7,11,13,15,17,19-20,23-24,29H,5,8-10,12,14,16,18H2,1H3;(H,6,7). The van der Waals surface area contributed by atoms with Crippen LogP contribution in [0, 0.1) is 11.8 Å². The van der Waals surface area contributed by atoms with Crippen molar-refractivity contribution in [2.45, 2.75) is 62.2 Å². The van der Waals surface area contributed by atoms with Crippen LogP contribution in [0.25, 0.3) is 0 Å². The Bertz CT molecular complexity index is 1420. The molecule has 1 aromatic heterocycles. The number of carbonyl (C=O) groups is 1. The van der Waals surface area contributed by atoms with E-state index in [4.69, 9.17) is 14.6 Å². The van der Waals surface area contributed by atoms with E-state index in [-0.39, 0.29) is 11.6 Å². The van der Waals surface area contributed by atoms with Gasteiger partial charge in [0.2, 0.25) is 0 Å². The molecule has 5 rings (SSSR count). The minimum atomic E-state index is -5.08.